The van der Waals surface area contributed by atoms with Crippen molar-refractivity contribution < 1.29 is 19.3 Å². The minimum atomic E-state index is -4.13. The highest BCUT2D eigenvalue weighted by Crippen LogP contribution is 2.60. The first-order valence-electron chi connectivity index (χ1n) is 16.7. The molecule has 8 nitrogen and oxygen atoms in total. The van der Waals surface area contributed by atoms with E-state index in [1.54, 1.807) is 12.1 Å². The molecule has 0 aromatic heterocycles. The summed E-state index contributed by atoms with van der Waals surface area (Å²) in [6, 6.07) is 43.2. The maximum atomic E-state index is 16.5. The molecular weight excluding hydrogens is 631 g/mol. The predicted molar refractivity (Wildman–Crippen MR) is 198 cm³/mol. The summed E-state index contributed by atoms with van der Waals surface area (Å²) in [5.74, 6) is 0.441. The average molecular weight is 677 g/mol. The molecule has 0 unspecified atom stereocenters. The lowest BCUT2D eigenvalue weighted by atomic mass is 9.91. The largest absolute Gasteiger partial charge is 0.422 e. The molecule has 1 aliphatic heterocycles. The number of nitrogens with one attached hydrogen (secondary N) is 2. The fraction of sp³-hybridized carbons (Fsp3) is 0.250. The highest BCUT2D eigenvalue weighted by molar-refractivity contribution is 7.54. The van der Waals surface area contributed by atoms with Gasteiger partial charge in [0.05, 0.1) is 24.3 Å². The maximum absolute atomic E-state index is 16.5. The molecule has 9 heteroatoms. The lowest BCUT2D eigenvalue weighted by molar-refractivity contribution is -0.0408. The van der Waals surface area contributed by atoms with Gasteiger partial charge in [-0.05, 0) is 71.5 Å². The van der Waals surface area contributed by atoms with Crippen molar-refractivity contribution in [3.05, 3.63) is 162 Å². The molecule has 1 saturated heterocycles. The summed E-state index contributed by atoms with van der Waals surface area (Å²) in [7, 11) is -0.406. The van der Waals surface area contributed by atoms with E-state index in [2.05, 4.69) is 10.6 Å². The van der Waals surface area contributed by atoms with Crippen LogP contribution in [0.5, 0.6) is 5.75 Å². The first-order chi connectivity index (χ1) is 23.9. The summed E-state index contributed by atoms with van der Waals surface area (Å²) in [4.78, 5) is 0. The van der Waals surface area contributed by atoms with Gasteiger partial charge in [-0.2, -0.15) is 9.34 Å². The summed E-state index contributed by atoms with van der Waals surface area (Å²) in [5.41, 5.74) is 5.51. The summed E-state index contributed by atoms with van der Waals surface area (Å²) in [5, 5.41) is 31.1. The molecule has 0 bridgehead atoms. The number of benzene rings is 5. The van der Waals surface area contributed by atoms with Crippen LogP contribution in [-0.2, 0) is 30.5 Å². The van der Waals surface area contributed by atoms with Crippen LogP contribution in [0.2, 0.25) is 0 Å². The zero-order chi connectivity index (χ0) is 34.2. The molecule has 5 aromatic carbocycles. The highest BCUT2D eigenvalue weighted by Gasteiger charge is 2.55. The molecule has 0 aliphatic carbocycles. The van der Waals surface area contributed by atoms with Crippen LogP contribution in [0.3, 0.4) is 0 Å². The van der Waals surface area contributed by atoms with E-state index in [1.807, 2.05) is 151 Å². The zero-order valence-corrected chi connectivity index (χ0v) is 28.9. The molecule has 5 aromatic rings. The Morgan fingerprint density at radius 2 is 0.959 bits per heavy atom. The highest BCUT2D eigenvalue weighted by atomic mass is 31.2. The van der Waals surface area contributed by atoms with Gasteiger partial charge < -0.3 is 25.4 Å². The number of para-hydroxylation sites is 1. The summed E-state index contributed by atoms with van der Waals surface area (Å²) < 4.78 is 26.9. The van der Waals surface area contributed by atoms with Gasteiger partial charge in [0.1, 0.15) is 5.75 Å². The van der Waals surface area contributed by atoms with E-state index < -0.39 is 32.0 Å². The third-order valence-electron chi connectivity index (χ3n) is 9.22. The van der Waals surface area contributed by atoms with Crippen LogP contribution in [0, 0.1) is 0 Å². The van der Waals surface area contributed by atoms with Crippen LogP contribution in [0.25, 0.3) is 0 Å². The van der Waals surface area contributed by atoms with E-state index in [0.717, 1.165) is 33.6 Å². The Bertz CT molecular complexity index is 1720. The number of hydrogen-bond acceptors (Lipinski definition) is 6. The molecule has 1 heterocycles. The molecular formula is C40H45N4O4P. The lowest BCUT2D eigenvalue weighted by Gasteiger charge is -2.42. The van der Waals surface area contributed by atoms with Gasteiger partial charge in [-0.1, -0.05) is 103 Å². The van der Waals surface area contributed by atoms with Crippen molar-refractivity contribution in [2.75, 3.05) is 24.7 Å². The van der Waals surface area contributed by atoms with Gasteiger partial charge in [-0.3, -0.25) is 0 Å². The molecule has 4 atom stereocenters. The Hall–Kier alpha value is -4.43. The van der Waals surface area contributed by atoms with Crippen LogP contribution < -0.4 is 15.2 Å². The summed E-state index contributed by atoms with van der Waals surface area (Å²) in [6.07, 6.45) is -1.84. The van der Waals surface area contributed by atoms with Crippen LogP contribution in [-0.4, -0.2) is 57.9 Å². The molecule has 1 aliphatic rings. The average Bonchev–Trinajstić information content (AvgIpc) is 3.19. The van der Waals surface area contributed by atoms with E-state index in [-0.39, 0.29) is 13.1 Å². The van der Waals surface area contributed by atoms with Gasteiger partial charge >= 0.3 is 7.67 Å². The first kappa shape index (κ1) is 34.4. The Labute approximate surface area is 289 Å². The minimum absolute atomic E-state index is 0.200. The Morgan fingerprint density at radius 3 is 1.37 bits per heavy atom. The Balaban J connectivity index is 1.57. The monoisotopic (exact) mass is 676 g/mol. The zero-order valence-electron chi connectivity index (χ0n) is 28.0. The van der Waals surface area contributed by atoms with E-state index in [4.69, 9.17) is 4.52 Å². The number of aliphatic hydroxyl groups excluding tert-OH is 2. The van der Waals surface area contributed by atoms with E-state index in [1.165, 1.54) is 0 Å². The summed E-state index contributed by atoms with van der Waals surface area (Å²) >= 11 is 0. The summed E-state index contributed by atoms with van der Waals surface area (Å²) in [6.45, 7) is 0.401. The Kier molecular flexibility index (Phi) is 11.1. The Morgan fingerprint density at radius 1 is 0.571 bits per heavy atom. The van der Waals surface area contributed by atoms with Gasteiger partial charge in [0, 0.05) is 38.6 Å². The van der Waals surface area contributed by atoms with Crippen LogP contribution in [0.4, 0.5) is 11.4 Å². The SMILES string of the molecule is CNc1cccc(CN2[C@@H](Cc3ccccc3)[C@@H](O)[C@H](O)[C@H](Cc3ccccc3)N(Cc3cccc(NC)c3)P2(=O)Oc2ccccc2)c1. The molecule has 4 N–H and O–H groups in total. The van der Waals surface area contributed by atoms with Gasteiger partial charge in [-0.25, -0.2) is 4.57 Å². The predicted octanol–water partition coefficient (Wildman–Crippen LogP) is 7.22. The van der Waals surface area contributed by atoms with Crippen molar-refractivity contribution in [1.82, 2.24) is 9.34 Å². The topological polar surface area (TPSA) is 97.3 Å². The fourth-order valence-electron chi connectivity index (χ4n) is 6.65. The number of hydrogen-bond donors (Lipinski definition) is 4. The fourth-order valence-corrected chi connectivity index (χ4v) is 9.43. The van der Waals surface area contributed by atoms with Crippen LogP contribution >= 0.6 is 7.67 Å². The molecule has 0 radical (unpaired) electrons. The molecule has 0 spiro atoms. The quantitative estimate of drug-likeness (QED) is 0.103. The number of rotatable bonds is 12. The van der Waals surface area contributed by atoms with Crippen molar-refractivity contribution >= 4 is 19.0 Å². The second kappa shape index (κ2) is 15.9. The number of aliphatic hydroxyl groups is 2. The van der Waals surface area contributed by atoms with Gasteiger partial charge in [-0.15, -0.1) is 0 Å². The number of anilines is 2. The standard InChI is InChI=1S/C40H45N4O4P/c1-41-34-20-12-18-32(24-34)28-43-37(26-30-14-6-3-7-15-30)39(45)40(46)38(27-31-16-8-4-9-17-31)44(29-33-19-13-21-35(25-33)42-2)49(43,47)48-36-22-10-5-11-23-36/h3-25,37-42,45-46H,26-29H2,1-2H3/t37-,38-,39+,40+/m0/s1. The van der Waals surface area contributed by atoms with Crippen LogP contribution in [0.1, 0.15) is 22.3 Å². The van der Waals surface area contributed by atoms with Crippen molar-refractivity contribution in [2.45, 2.75) is 50.2 Å². The van der Waals surface area contributed by atoms with Gasteiger partial charge in [0.15, 0.2) is 0 Å². The smallest absolute Gasteiger partial charge is 0.397 e. The second-order valence-corrected chi connectivity index (χ2v) is 14.7. The first-order valence-corrected chi connectivity index (χ1v) is 18.3. The van der Waals surface area contributed by atoms with E-state index in [0.29, 0.717) is 18.6 Å². The molecule has 0 amide bonds. The molecule has 1 fully saturated rings. The maximum Gasteiger partial charge on any atom is 0.397 e. The van der Waals surface area contributed by atoms with Crippen LogP contribution in [0.15, 0.2) is 140 Å². The number of nitrogens with zero attached hydrogens (tertiary/aromatic N) is 2. The van der Waals surface area contributed by atoms with E-state index >= 15 is 4.57 Å². The second-order valence-electron chi connectivity index (χ2n) is 12.5. The van der Waals surface area contributed by atoms with Crippen molar-refractivity contribution in [1.29, 1.82) is 0 Å². The molecule has 49 heavy (non-hydrogen) atoms. The molecule has 254 valence electrons. The van der Waals surface area contributed by atoms with Crippen molar-refractivity contribution in [3.63, 3.8) is 0 Å². The van der Waals surface area contributed by atoms with E-state index in [9.17, 15) is 10.2 Å². The minimum Gasteiger partial charge on any atom is -0.422 e. The molecule has 0 saturated carbocycles. The van der Waals surface area contributed by atoms with Crippen molar-refractivity contribution in [2.24, 2.45) is 0 Å². The third kappa shape index (κ3) is 8.07. The van der Waals surface area contributed by atoms with Crippen molar-refractivity contribution in [3.8, 4) is 5.75 Å². The van der Waals surface area contributed by atoms with Gasteiger partial charge in [0.2, 0.25) is 0 Å². The third-order valence-corrected chi connectivity index (χ3v) is 11.8. The lowest BCUT2D eigenvalue weighted by Crippen LogP contribution is -2.50. The molecule has 6 rings (SSSR count). The van der Waals surface area contributed by atoms with Gasteiger partial charge in [0.25, 0.3) is 0 Å². The normalized spacial score (nSPS) is 23.0.